The lowest BCUT2D eigenvalue weighted by Crippen LogP contribution is -2.12. The Morgan fingerprint density at radius 1 is 1.20 bits per heavy atom. The van der Waals surface area contributed by atoms with E-state index in [-0.39, 0.29) is 5.41 Å². The average molecular weight is 203 g/mol. The molecule has 15 heavy (non-hydrogen) atoms. The predicted molar refractivity (Wildman–Crippen MR) is 61.8 cm³/mol. The molecular formula is C13H17NO. The highest BCUT2D eigenvalue weighted by atomic mass is 16.4. The zero-order valence-electron chi connectivity index (χ0n) is 9.54. The second-order valence-corrected chi connectivity index (χ2v) is 5.17. The molecule has 0 unspecified atom stereocenters. The first kappa shape index (κ1) is 10.2. The molecule has 1 N–H and O–H groups in total. The number of hydrogen-bond acceptors (Lipinski definition) is 2. The van der Waals surface area contributed by atoms with Crippen LogP contribution in [0, 0.1) is 0 Å². The third-order valence-corrected chi connectivity index (χ3v) is 3.04. The maximum absolute atomic E-state index is 8.89. The summed E-state index contributed by atoms with van der Waals surface area (Å²) in [7, 11) is 0. The number of aryl methyl sites for hydroxylation is 1. The summed E-state index contributed by atoms with van der Waals surface area (Å²) in [5, 5.41) is 12.3. The maximum Gasteiger partial charge on any atom is 0.0873 e. The summed E-state index contributed by atoms with van der Waals surface area (Å²) in [5.74, 6) is 0. The molecular weight excluding hydrogens is 186 g/mol. The van der Waals surface area contributed by atoms with Gasteiger partial charge in [-0.3, -0.25) is 0 Å². The van der Waals surface area contributed by atoms with Crippen LogP contribution in [0.3, 0.4) is 0 Å². The van der Waals surface area contributed by atoms with Gasteiger partial charge in [0.15, 0.2) is 0 Å². The number of oxime groups is 1. The lowest BCUT2D eigenvalue weighted by molar-refractivity contribution is 0.318. The lowest BCUT2D eigenvalue weighted by atomic mass is 9.85. The monoisotopic (exact) mass is 203 g/mol. The first-order valence-corrected chi connectivity index (χ1v) is 5.37. The Bertz CT molecular complexity index is 413. The molecule has 0 saturated heterocycles. The third-order valence-electron chi connectivity index (χ3n) is 3.04. The summed E-state index contributed by atoms with van der Waals surface area (Å²) in [6, 6.07) is 6.50. The van der Waals surface area contributed by atoms with Crippen LogP contribution in [0.15, 0.2) is 23.4 Å². The molecule has 0 radical (unpaired) electrons. The number of benzene rings is 1. The van der Waals surface area contributed by atoms with E-state index in [1.807, 2.05) is 0 Å². The SMILES string of the molecule is CC(C)(C)c1ccc2c(c1)/C(=N/O)CC2. The average Bonchev–Trinajstić information content (AvgIpc) is 2.57. The van der Waals surface area contributed by atoms with E-state index in [0.717, 1.165) is 24.1 Å². The van der Waals surface area contributed by atoms with Crippen LogP contribution in [-0.4, -0.2) is 10.9 Å². The van der Waals surface area contributed by atoms with Gasteiger partial charge in [-0.15, -0.1) is 0 Å². The molecule has 2 rings (SSSR count). The van der Waals surface area contributed by atoms with Crippen molar-refractivity contribution in [1.82, 2.24) is 0 Å². The molecule has 0 fully saturated rings. The topological polar surface area (TPSA) is 32.6 Å². The Morgan fingerprint density at radius 3 is 2.53 bits per heavy atom. The first-order chi connectivity index (χ1) is 7.02. The smallest absolute Gasteiger partial charge is 0.0873 e. The fourth-order valence-corrected chi connectivity index (χ4v) is 2.02. The van der Waals surface area contributed by atoms with Crippen LogP contribution in [0.25, 0.3) is 0 Å². The number of nitrogens with zero attached hydrogens (tertiary/aromatic N) is 1. The van der Waals surface area contributed by atoms with E-state index < -0.39 is 0 Å². The molecule has 0 spiro atoms. The summed E-state index contributed by atoms with van der Waals surface area (Å²) < 4.78 is 0. The van der Waals surface area contributed by atoms with E-state index in [4.69, 9.17) is 5.21 Å². The standard InChI is InChI=1S/C13H17NO/c1-13(2,3)10-6-4-9-5-7-12(14-15)11(9)8-10/h4,6,8,15H,5,7H2,1-3H3/b14-12+. The Morgan fingerprint density at radius 2 is 1.93 bits per heavy atom. The van der Waals surface area contributed by atoms with Gasteiger partial charge in [-0.25, -0.2) is 0 Å². The minimum Gasteiger partial charge on any atom is -0.411 e. The van der Waals surface area contributed by atoms with Gasteiger partial charge in [0.25, 0.3) is 0 Å². The van der Waals surface area contributed by atoms with Gasteiger partial charge in [-0.05, 0) is 35.4 Å². The van der Waals surface area contributed by atoms with E-state index in [9.17, 15) is 0 Å². The Kier molecular flexibility index (Phi) is 2.29. The summed E-state index contributed by atoms with van der Waals surface area (Å²) >= 11 is 0. The highest BCUT2D eigenvalue weighted by molar-refractivity contribution is 6.04. The van der Waals surface area contributed by atoms with Gasteiger partial charge in [0.2, 0.25) is 0 Å². The van der Waals surface area contributed by atoms with Crippen LogP contribution in [0.4, 0.5) is 0 Å². The molecule has 0 heterocycles. The molecule has 2 nitrogen and oxygen atoms in total. The van der Waals surface area contributed by atoms with Gasteiger partial charge < -0.3 is 5.21 Å². The second-order valence-electron chi connectivity index (χ2n) is 5.17. The van der Waals surface area contributed by atoms with Crippen LogP contribution >= 0.6 is 0 Å². The Labute approximate surface area is 90.6 Å². The van der Waals surface area contributed by atoms with Crippen molar-refractivity contribution in [3.05, 3.63) is 34.9 Å². The van der Waals surface area contributed by atoms with Gasteiger partial charge in [-0.1, -0.05) is 38.1 Å². The van der Waals surface area contributed by atoms with Crippen LogP contribution in [0.1, 0.15) is 43.9 Å². The summed E-state index contributed by atoms with van der Waals surface area (Å²) in [5.41, 5.74) is 4.71. The van der Waals surface area contributed by atoms with E-state index in [0.29, 0.717) is 0 Å². The van der Waals surface area contributed by atoms with Gasteiger partial charge in [0.05, 0.1) is 5.71 Å². The van der Waals surface area contributed by atoms with Crippen molar-refractivity contribution in [1.29, 1.82) is 0 Å². The van der Waals surface area contributed by atoms with E-state index in [2.05, 4.69) is 44.1 Å². The molecule has 1 aliphatic carbocycles. The summed E-state index contributed by atoms with van der Waals surface area (Å²) in [6.07, 6.45) is 1.86. The van der Waals surface area contributed by atoms with Gasteiger partial charge >= 0.3 is 0 Å². The maximum atomic E-state index is 8.89. The van der Waals surface area contributed by atoms with Crippen molar-refractivity contribution in [2.75, 3.05) is 0 Å². The van der Waals surface area contributed by atoms with Crippen molar-refractivity contribution < 1.29 is 5.21 Å². The summed E-state index contributed by atoms with van der Waals surface area (Å²) in [4.78, 5) is 0. The molecule has 0 aromatic heterocycles. The van der Waals surface area contributed by atoms with Gasteiger partial charge in [0, 0.05) is 5.56 Å². The molecule has 0 bridgehead atoms. The highest BCUT2D eigenvalue weighted by Crippen LogP contribution is 2.29. The zero-order valence-corrected chi connectivity index (χ0v) is 9.54. The Hall–Kier alpha value is -1.31. The summed E-state index contributed by atoms with van der Waals surface area (Å²) in [6.45, 7) is 6.58. The molecule has 0 amide bonds. The molecule has 1 aromatic rings. The number of rotatable bonds is 0. The van der Waals surface area contributed by atoms with Crippen LogP contribution < -0.4 is 0 Å². The fourth-order valence-electron chi connectivity index (χ4n) is 2.02. The molecule has 1 aromatic carbocycles. The first-order valence-electron chi connectivity index (χ1n) is 5.37. The van der Waals surface area contributed by atoms with Crippen molar-refractivity contribution in [3.8, 4) is 0 Å². The zero-order chi connectivity index (χ0) is 11.1. The lowest BCUT2D eigenvalue weighted by Gasteiger charge is -2.19. The van der Waals surface area contributed by atoms with E-state index >= 15 is 0 Å². The minimum atomic E-state index is 0.151. The van der Waals surface area contributed by atoms with Crippen molar-refractivity contribution in [2.45, 2.75) is 39.0 Å². The van der Waals surface area contributed by atoms with Gasteiger partial charge in [0.1, 0.15) is 0 Å². The van der Waals surface area contributed by atoms with Crippen LogP contribution in [0.2, 0.25) is 0 Å². The van der Waals surface area contributed by atoms with Crippen molar-refractivity contribution in [2.24, 2.45) is 5.16 Å². The Balaban J connectivity index is 2.51. The molecule has 0 aliphatic heterocycles. The highest BCUT2D eigenvalue weighted by Gasteiger charge is 2.21. The molecule has 0 saturated carbocycles. The van der Waals surface area contributed by atoms with E-state index in [1.54, 1.807) is 0 Å². The quantitative estimate of drug-likeness (QED) is 0.510. The van der Waals surface area contributed by atoms with Crippen molar-refractivity contribution >= 4 is 5.71 Å². The second kappa shape index (κ2) is 3.37. The molecule has 80 valence electrons. The van der Waals surface area contributed by atoms with E-state index in [1.165, 1.54) is 11.1 Å². The van der Waals surface area contributed by atoms with Crippen molar-refractivity contribution in [3.63, 3.8) is 0 Å². The molecule has 0 atom stereocenters. The third kappa shape index (κ3) is 1.76. The molecule has 1 aliphatic rings. The fraction of sp³-hybridized carbons (Fsp3) is 0.462. The number of hydrogen-bond donors (Lipinski definition) is 1. The minimum absolute atomic E-state index is 0.151. The van der Waals surface area contributed by atoms with Crippen LogP contribution in [-0.2, 0) is 11.8 Å². The number of fused-ring (bicyclic) bond motifs is 1. The van der Waals surface area contributed by atoms with Gasteiger partial charge in [-0.2, -0.15) is 0 Å². The largest absolute Gasteiger partial charge is 0.411 e. The molecule has 2 heteroatoms. The normalized spacial score (nSPS) is 18.2. The predicted octanol–water partition coefficient (Wildman–Crippen LogP) is 3.11. The van der Waals surface area contributed by atoms with Crippen LogP contribution in [0.5, 0.6) is 0 Å².